The van der Waals surface area contributed by atoms with Gasteiger partial charge in [0.15, 0.2) is 0 Å². The minimum absolute atomic E-state index is 0.151. The van der Waals surface area contributed by atoms with Gasteiger partial charge in [0.25, 0.3) is 11.4 Å². The number of nitrogens with one attached hydrogen (secondary N) is 1. The number of alkyl halides is 1. The van der Waals surface area contributed by atoms with Crippen molar-refractivity contribution in [3.05, 3.63) is 38.4 Å². The third-order valence-electron chi connectivity index (χ3n) is 1.74. The van der Waals surface area contributed by atoms with Gasteiger partial charge in [-0.2, -0.15) is 0 Å². The van der Waals surface area contributed by atoms with Crippen molar-refractivity contribution in [3.63, 3.8) is 0 Å². The first kappa shape index (κ1) is 12.2. The smallest absolute Gasteiger partial charge is 0.299 e. The summed E-state index contributed by atoms with van der Waals surface area (Å²) >= 11 is 5.62. The van der Waals surface area contributed by atoms with Crippen LogP contribution in [0.5, 0.6) is 0 Å². The fourth-order valence-corrected chi connectivity index (χ4v) is 1.24. The van der Waals surface area contributed by atoms with Crippen molar-refractivity contribution in [2.24, 2.45) is 0 Å². The maximum Gasteiger partial charge on any atom is 0.299 e. The Morgan fingerprint density at radius 2 is 1.94 bits per heavy atom. The van der Waals surface area contributed by atoms with Gasteiger partial charge in [-0.15, -0.1) is 0 Å². The molecular formula is C8H8ClN3O4. The van der Waals surface area contributed by atoms with Gasteiger partial charge in [0, 0.05) is 6.07 Å². The lowest BCUT2D eigenvalue weighted by Gasteiger charge is -2.07. The summed E-state index contributed by atoms with van der Waals surface area (Å²) < 4.78 is 0. The Labute approximate surface area is 95.3 Å². The minimum Gasteiger partial charge on any atom is -0.364 e. The molecule has 0 bridgehead atoms. The van der Waals surface area contributed by atoms with Crippen molar-refractivity contribution >= 4 is 28.7 Å². The van der Waals surface area contributed by atoms with Crippen LogP contribution in [0, 0.1) is 20.2 Å². The highest BCUT2D eigenvalue weighted by atomic mass is 35.5. The maximum absolute atomic E-state index is 10.7. The molecule has 1 aromatic rings. The third-order valence-corrected chi connectivity index (χ3v) is 1.85. The van der Waals surface area contributed by atoms with Gasteiger partial charge in [-0.3, -0.25) is 20.2 Å². The van der Waals surface area contributed by atoms with Crippen molar-refractivity contribution in [2.45, 2.75) is 12.4 Å². The molecule has 8 heteroatoms. The maximum atomic E-state index is 10.7. The summed E-state index contributed by atoms with van der Waals surface area (Å²) in [5, 5.41) is 23.7. The molecule has 0 amide bonds. The van der Waals surface area contributed by atoms with Gasteiger partial charge in [0.05, 0.1) is 21.4 Å². The summed E-state index contributed by atoms with van der Waals surface area (Å²) in [5.74, 6) is 0. The van der Waals surface area contributed by atoms with E-state index in [0.717, 1.165) is 6.07 Å². The molecule has 1 unspecified atom stereocenters. The number of halogens is 1. The Balaban J connectivity index is 3.19. The van der Waals surface area contributed by atoms with Gasteiger partial charge < -0.3 is 5.32 Å². The zero-order chi connectivity index (χ0) is 12.3. The first-order valence-electron chi connectivity index (χ1n) is 4.25. The highest BCUT2D eigenvalue weighted by molar-refractivity contribution is 6.21. The highest BCUT2D eigenvalue weighted by Gasteiger charge is 2.19. The van der Waals surface area contributed by atoms with Gasteiger partial charge in [-0.1, -0.05) is 11.6 Å². The van der Waals surface area contributed by atoms with Crippen LogP contribution in [0.4, 0.5) is 17.1 Å². The lowest BCUT2D eigenvalue weighted by Crippen LogP contribution is -2.08. The molecule has 7 nitrogen and oxygen atoms in total. The Morgan fingerprint density at radius 3 is 2.38 bits per heavy atom. The number of hydrogen-bond acceptors (Lipinski definition) is 5. The molecule has 0 aliphatic carbocycles. The van der Waals surface area contributed by atoms with Crippen LogP contribution >= 0.6 is 11.6 Å². The number of benzene rings is 1. The van der Waals surface area contributed by atoms with Crippen molar-refractivity contribution in [2.75, 3.05) is 5.32 Å². The van der Waals surface area contributed by atoms with Gasteiger partial charge in [0.2, 0.25) is 0 Å². The average molecular weight is 246 g/mol. The molecule has 1 N–H and O–H groups in total. The van der Waals surface area contributed by atoms with Gasteiger partial charge >= 0.3 is 0 Å². The van der Waals surface area contributed by atoms with Crippen LogP contribution in [0.15, 0.2) is 18.2 Å². The van der Waals surface area contributed by atoms with Crippen LogP contribution in [0.1, 0.15) is 6.92 Å². The molecule has 1 atom stereocenters. The molecule has 0 fully saturated rings. The lowest BCUT2D eigenvalue weighted by atomic mass is 10.2. The Kier molecular flexibility index (Phi) is 3.62. The van der Waals surface area contributed by atoms with Crippen molar-refractivity contribution in [1.29, 1.82) is 0 Å². The normalized spacial score (nSPS) is 11.9. The summed E-state index contributed by atoms with van der Waals surface area (Å²) in [4.78, 5) is 19.7. The van der Waals surface area contributed by atoms with Crippen LogP contribution in [0.2, 0.25) is 0 Å². The second-order valence-electron chi connectivity index (χ2n) is 2.98. The summed E-state index contributed by atoms with van der Waals surface area (Å²) in [5.41, 5.74) is -1.07. The zero-order valence-electron chi connectivity index (χ0n) is 8.21. The van der Waals surface area contributed by atoms with E-state index in [1.54, 1.807) is 6.92 Å². The highest BCUT2D eigenvalue weighted by Crippen LogP contribution is 2.29. The SMILES string of the molecule is CC(Cl)Nc1ccc([N+](=O)[O-])cc1[N+](=O)[O-]. The molecule has 1 aromatic carbocycles. The van der Waals surface area contributed by atoms with Crippen molar-refractivity contribution in [1.82, 2.24) is 0 Å². The second-order valence-corrected chi connectivity index (χ2v) is 3.63. The first-order chi connectivity index (χ1) is 7.41. The van der Waals surface area contributed by atoms with E-state index >= 15 is 0 Å². The number of hydrogen-bond donors (Lipinski definition) is 1. The lowest BCUT2D eigenvalue weighted by molar-refractivity contribution is -0.393. The molecule has 0 aromatic heterocycles. The average Bonchev–Trinajstić information content (AvgIpc) is 2.16. The van der Waals surface area contributed by atoms with Crippen molar-refractivity contribution < 1.29 is 9.85 Å². The van der Waals surface area contributed by atoms with Crippen LogP contribution in [0.25, 0.3) is 0 Å². The fourth-order valence-electron chi connectivity index (χ4n) is 1.12. The molecule has 0 radical (unpaired) electrons. The van der Waals surface area contributed by atoms with E-state index in [1.165, 1.54) is 12.1 Å². The van der Waals surface area contributed by atoms with Crippen LogP contribution in [0.3, 0.4) is 0 Å². The summed E-state index contributed by atoms with van der Waals surface area (Å²) in [7, 11) is 0. The molecule has 0 saturated heterocycles. The first-order valence-corrected chi connectivity index (χ1v) is 4.69. The number of non-ortho nitro benzene ring substituents is 1. The molecule has 0 aliphatic heterocycles. The minimum atomic E-state index is -0.700. The predicted octanol–water partition coefficient (Wildman–Crippen LogP) is 2.50. The van der Waals surface area contributed by atoms with E-state index in [2.05, 4.69) is 5.32 Å². The Morgan fingerprint density at radius 1 is 1.31 bits per heavy atom. The number of nitro groups is 2. The topological polar surface area (TPSA) is 98.3 Å². The van der Waals surface area contributed by atoms with E-state index in [9.17, 15) is 20.2 Å². The Bertz CT molecular complexity index is 435. The summed E-state index contributed by atoms with van der Waals surface area (Å²) in [6.45, 7) is 1.59. The molecule has 16 heavy (non-hydrogen) atoms. The van der Waals surface area contributed by atoms with Crippen molar-refractivity contribution in [3.8, 4) is 0 Å². The molecule has 0 heterocycles. The van der Waals surface area contributed by atoms with Crippen LogP contribution < -0.4 is 5.32 Å². The standard InChI is InChI=1S/C8H8ClN3O4/c1-5(9)10-7-3-2-6(11(13)14)4-8(7)12(15)16/h2-5,10H,1H3. The van der Waals surface area contributed by atoms with E-state index < -0.39 is 15.3 Å². The predicted molar refractivity (Wildman–Crippen MR) is 58.7 cm³/mol. The molecular weight excluding hydrogens is 238 g/mol. The number of nitrogens with zero attached hydrogens (tertiary/aromatic N) is 2. The number of nitro benzene ring substituents is 2. The molecule has 86 valence electrons. The van der Waals surface area contributed by atoms with E-state index in [0.29, 0.717) is 0 Å². The van der Waals surface area contributed by atoms with E-state index in [4.69, 9.17) is 11.6 Å². The van der Waals surface area contributed by atoms with Crippen LogP contribution in [-0.2, 0) is 0 Å². The molecule has 1 rings (SSSR count). The summed E-state index contributed by atoms with van der Waals surface area (Å²) in [6.07, 6.45) is 0. The molecule has 0 spiro atoms. The van der Waals surface area contributed by atoms with E-state index in [-0.39, 0.29) is 17.1 Å². The van der Waals surface area contributed by atoms with Crippen LogP contribution in [-0.4, -0.2) is 15.3 Å². The summed E-state index contributed by atoms with van der Waals surface area (Å²) in [6, 6.07) is 3.32. The third kappa shape index (κ3) is 2.80. The monoisotopic (exact) mass is 245 g/mol. The largest absolute Gasteiger partial charge is 0.364 e. The molecule has 0 saturated carbocycles. The van der Waals surface area contributed by atoms with Gasteiger partial charge in [-0.05, 0) is 13.0 Å². The van der Waals surface area contributed by atoms with Gasteiger partial charge in [-0.25, -0.2) is 0 Å². The second kappa shape index (κ2) is 4.75. The Hall–Kier alpha value is -1.89. The zero-order valence-corrected chi connectivity index (χ0v) is 8.97. The van der Waals surface area contributed by atoms with E-state index in [1.807, 2.05) is 0 Å². The number of rotatable bonds is 4. The molecule has 0 aliphatic rings. The van der Waals surface area contributed by atoms with Gasteiger partial charge in [0.1, 0.15) is 5.69 Å². The quantitative estimate of drug-likeness (QED) is 0.380. The fraction of sp³-hybridized carbons (Fsp3) is 0.250. The number of anilines is 1.